The van der Waals surface area contributed by atoms with Crippen molar-refractivity contribution < 1.29 is 14.3 Å². The van der Waals surface area contributed by atoms with Crippen molar-refractivity contribution in [2.45, 2.75) is 36.8 Å². The summed E-state index contributed by atoms with van der Waals surface area (Å²) in [6, 6.07) is 5.65. The molecular weight excluding hydrogens is 312 g/mol. The minimum Gasteiger partial charge on any atom is -0.482 e. The molecule has 0 saturated carbocycles. The van der Waals surface area contributed by atoms with Gasteiger partial charge in [-0.25, -0.2) is 0 Å². The second-order valence-corrected chi connectivity index (χ2v) is 7.68. The van der Waals surface area contributed by atoms with E-state index >= 15 is 0 Å². The highest BCUT2D eigenvalue weighted by atomic mass is 32.2. The monoisotopic (exact) mass is 334 g/mol. The molecule has 0 spiro atoms. The molecule has 6 heteroatoms. The third-order valence-electron chi connectivity index (χ3n) is 4.34. The smallest absolute Gasteiger partial charge is 0.262 e. The fraction of sp³-hybridized carbons (Fsp3) is 0.529. The number of nitrogens with one attached hydrogen (secondary N) is 1. The molecule has 124 valence electrons. The molecule has 2 aliphatic rings. The number of benzene rings is 1. The van der Waals surface area contributed by atoms with Crippen molar-refractivity contribution in [3.05, 3.63) is 18.2 Å². The van der Waals surface area contributed by atoms with Crippen molar-refractivity contribution in [2.75, 3.05) is 25.0 Å². The molecule has 1 atom stereocenters. The van der Waals surface area contributed by atoms with Gasteiger partial charge in [-0.3, -0.25) is 9.59 Å². The molecule has 0 unspecified atom stereocenters. The van der Waals surface area contributed by atoms with Gasteiger partial charge < -0.3 is 15.0 Å². The van der Waals surface area contributed by atoms with Gasteiger partial charge >= 0.3 is 0 Å². The lowest BCUT2D eigenvalue weighted by atomic mass is 9.99. The summed E-state index contributed by atoms with van der Waals surface area (Å²) in [5, 5.41) is 2.66. The van der Waals surface area contributed by atoms with Crippen LogP contribution in [0.4, 0.5) is 5.69 Å². The van der Waals surface area contributed by atoms with Gasteiger partial charge in [0.25, 0.3) is 5.91 Å². The molecule has 23 heavy (non-hydrogen) atoms. The number of ether oxygens (including phenoxy) is 1. The van der Waals surface area contributed by atoms with Crippen LogP contribution in [0.2, 0.25) is 0 Å². The number of likely N-dealkylation sites (tertiary alicyclic amines) is 1. The second-order valence-electron chi connectivity index (χ2n) is 6.26. The number of carbonyl (C=O) groups is 2. The zero-order chi connectivity index (χ0) is 16.4. The summed E-state index contributed by atoms with van der Waals surface area (Å²) >= 11 is 1.52. The lowest BCUT2D eigenvalue weighted by Crippen LogP contribution is -2.41. The molecule has 0 bridgehead atoms. The van der Waals surface area contributed by atoms with Crippen molar-refractivity contribution >= 4 is 29.3 Å². The molecule has 3 rings (SSSR count). The lowest BCUT2D eigenvalue weighted by molar-refractivity contribution is -0.131. The van der Waals surface area contributed by atoms with Crippen molar-refractivity contribution in [1.29, 1.82) is 0 Å². The average molecular weight is 334 g/mol. The molecule has 2 aliphatic heterocycles. The van der Waals surface area contributed by atoms with Gasteiger partial charge in [-0.1, -0.05) is 6.92 Å². The predicted octanol–water partition coefficient (Wildman–Crippen LogP) is 2.76. The molecule has 1 aromatic carbocycles. The van der Waals surface area contributed by atoms with Gasteiger partial charge in [-0.2, -0.15) is 0 Å². The molecule has 2 amide bonds. The highest BCUT2D eigenvalue weighted by Gasteiger charge is 2.25. The van der Waals surface area contributed by atoms with Gasteiger partial charge in [0.2, 0.25) is 5.91 Å². The van der Waals surface area contributed by atoms with Gasteiger partial charge in [0.1, 0.15) is 5.75 Å². The number of thioether (sulfide) groups is 1. The first-order valence-electron chi connectivity index (χ1n) is 8.05. The Hall–Kier alpha value is -1.69. The van der Waals surface area contributed by atoms with E-state index in [4.69, 9.17) is 4.74 Å². The summed E-state index contributed by atoms with van der Waals surface area (Å²) in [6.07, 6.45) is 2.18. The first-order chi connectivity index (χ1) is 11.0. The van der Waals surface area contributed by atoms with E-state index in [9.17, 15) is 9.59 Å². The third kappa shape index (κ3) is 3.80. The number of nitrogens with zero attached hydrogens (tertiary/aromatic N) is 1. The summed E-state index contributed by atoms with van der Waals surface area (Å²) in [4.78, 5) is 26.9. The molecule has 0 aliphatic carbocycles. The molecule has 0 aromatic heterocycles. The van der Waals surface area contributed by atoms with Crippen LogP contribution in [0.1, 0.15) is 26.7 Å². The van der Waals surface area contributed by atoms with E-state index < -0.39 is 0 Å². The van der Waals surface area contributed by atoms with E-state index in [1.54, 1.807) is 0 Å². The Balaban J connectivity index is 1.63. The number of amides is 2. The second kappa shape index (κ2) is 6.83. The SMILES string of the molecule is CC1CCN(C(=O)[C@@H](C)Sc2ccc3c(c2)NC(=O)CO3)CC1. The Kier molecular flexibility index (Phi) is 4.80. The lowest BCUT2D eigenvalue weighted by Gasteiger charge is -2.32. The van der Waals surface area contributed by atoms with E-state index in [1.165, 1.54) is 11.8 Å². The van der Waals surface area contributed by atoms with E-state index in [0.29, 0.717) is 17.4 Å². The highest BCUT2D eigenvalue weighted by molar-refractivity contribution is 8.00. The number of rotatable bonds is 3. The molecule has 1 N–H and O–H groups in total. The van der Waals surface area contributed by atoms with Crippen LogP contribution in [0.25, 0.3) is 0 Å². The van der Waals surface area contributed by atoms with Crippen LogP contribution in [-0.2, 0) is 9.59 Å². The molecule has 1 fully saturated rings. The normalized spacial score (nSPS) is 19.6. The van der Waals surface area contributed by atoms with Gasteiger partial charge in [0, 0.05) is 18.0 Å². The van der Waals surface area contributed by atoms with Crippen LogP contribution in [-0.4, -0.2) is 41.7 Å². The van der Waals surface area contributed by atoms with Gasteiger partial charge in [-0.15, -0.1) is 11.8 Å². The van der Waals surface area contributed by atoms with Crippen molar-refractivity contribution in [3.63, 3.8) is 0 Å². The van der Waals surface area contributed by atoms with Gasteiger partial charge in [-0.05, 0) is 43.9 Å². The van der Waals surface area contributed by atoms with Crippen LogP contribution in [0.5, 0.6) is 5.75 Å². The number of anilines is 1. The molecule has 2 heterocycles. The molecule has 0 radical (unpaired) electrons. The fourth-order valence-corrected chi connectivity index (χ4v) is 3.87. The number of fused-ring (bicyclic) bond motifs is 1. The first kappa shape index (κ1) is 16.2. The van der Waals surface area contributed by atoms with Crippen molar-refractivity contribution in [3.8, 4) is 5.75 Å². The maximum Gasteiger partial charge on any atom is 0.262 e. The van der Waals surface area contributed by atoms with Crippen molar-refractivity contribution in [2.24, 2.45) is 5.92 Å². The standard InChI is InChI=1S/C17H22N2O3S/c1-11-5-7-19(8-6-11)17(21)12(2)23-13-3-4-15-14(9-13)18-16(20)10-22-15/h3-4,9,11-12H,5-8,10H2,1-2H3,(H,18,20)/t12-/m1/s1. The molecular formula is C17H22N2O3S. The van der Waals surface area contributed by atoms with E-state index in [0.717, 1.165) is 30.8 Å². The Morgan fingerprint density at radius 2 is 2.13 bits per heavy atom. The summed E-state index contributed by atoms with van der Waals surface area (Å²) in [5.74, 6) is 1.44. The number of hydrogen-bond acceptors (Lipinski definition) is 4. The minimum absolute atomic E-state index is 0.0573. The third-order valence-corrected chi connectivity index (χ3v) is 5.42. The van der Waals surface area contributed by atoms with E-state index in [1.807, 2.05) is 30.0 Å². The van der Waals surface area contributed by atoms with E-state index in [-0.39, 0.29) is 23.7 Å². The quantitative estimate of drug-likeness (QED) is 0.864. The number of piperidine rings is 1. The topological polar surface area (TPSA) is 58.6 Å². The Morgan fingerprint density at radius 3 is 2.87 bits per heavy atom. The Bertz CT molecular complexity index is 612. The summed E-state index contributed by atoms with van der Waals surface area (Å²) in [5.41, 5.74) is 0.678. The average Bonchev–Trinajstić information content (AvgIpc) is 2.54. The molecule has 1 aromatic rings. The van der Waals surface area contributed by atoms with Crippen LogP contribution >= 0.6 is 11.8 Å². The van der Waals surface area contributed by atoms with E-state index in [2.05, 4.69) is 12.2 Å². The Morgan fingerprint density at radius 1 is 1.39 bits per heavy atom. The summed E-state index contributed by atoms with van der Waals surface area (Å²) in [7, 11) is 0. The fourth-order valence-electron chi connectivity index (χ4n) is 2.88. The maximum absolute atomic E-state index is 12.6. The van der Waals surface area contributed by atoms with Gasteiger partial charge in [0.05, 0.1) is 10.9 Å². The highest BCUT2D eigenvalue weighted by Crippen LogP contribution is 2.34. The van der Waals surface area contributed by atoms with Crippen LogP contribution < -0.4 is 10.1 Å². The Labute approximate surface area is 140 Å². The van der Waals surface area contributed by atoms with Crippen molar-refractivity contribution in [1.82, 2.24) is 4.90 Å². The van der Waals surface area contributed by atoms with Crippen LogP contribution in [0, 0.1) is 5.92 Å². The number of carbonyl (C=O) groups excluding carboxylic acids is 2. The molecule has 1 saturated heterocycles. The van der Waals surface area contributed by atoms with Crippen LogP contribution in [0.3, 0.4) is 0 Å². The van der Waals surface area contributed by atoms with Crippen LogP contribution in [0.15, 0.2) is 23.1 Å². The zero-order valence-corrected chi connectivity index (χ0v) is 14.3. The zero-order valence-electron chi connectivity index (χ0n) is 13.5. The maximum atomic E-state index is 12.6. The van der Waals surface area contributed by atoms with Gasteiger partial charge in [0.15, 0.2) is 6.61 Å². The predicted molar refractivity (Wildman–Crippen MR) is 90.9 cm³/mol. The molecule has 5 nitrogen and oxygen atoms in total. The largest absolute Gasteiger partial charge is 0.482 e. The minimum atomic E-state index is -0.147. The summed E-state index contributed by atoms with van der Waals surface area (Å²) in [6.45, 7) is 5.96. The summed E-state index contributed by atoms with van der Waals surface area (Å²) < 4.78 is 5.35. The number of hydrogen-bond donors (Lipinski definition) is 1. The first-order valence-corrected chi connectivity index (χ1v) is 8.93.